The van der Waals surface area contributed by atoms with Crippen molar-refractivity contribution in [1.29, 1.82) is 0 Å². The van der Waals surface area contributed by atoms with Gasteiger partial charge in [0.05, 0.1) is 12.6 Å². The molecule has 5 heteroatoms. The van der Waals surface area contributed by atoms with Crippen molar-refractivity contribution in [2.75, 3.05) is 40.4 Å². The zero-order valence-electron chi connectivity index (χ0n) is 12.5. The molecule has 0 saturated heterocycles. The minimum Gasteiger partial charge on any atom is -0.383 e. The van der Waals surface area contributed by atoms with Crippen LogP contribution in [0.1, 0.15) is 27.2 Å². The lowest BCUT2D eigenvalue weighted by atomic mass is 9.87. The molecule has 1 atom stereocenters. The number of methoxy groups -OCH3 is 1. The summed E-state index contributed by atoms with van der Waals surface area (Å²) < 4.78 is 5.00. The average molecular weight is 259 g/mol. The first-order chi connectivity index (χ1) is 8.29. The SMILES string of the molecule is COCCN(C)CCCNC(=O)[C@@H](N)C(C)(C)C. The van der Waals surface area contributed by atoms with Crippen molar-refractivity contribution in [2.24, 2.45) is 11.1 Å². The van der Waals surface area contributed by atoms with Gasteiger partial charge in [0.1, 0.15) is 0 Å². The van der Waals surface area contributed by atoms with Gasteiger partial charge >= 0.3 is 0 Å². The molecule has 0 aromatic carbocycles. The molecule has 0 rings (SSSR count). The van der Waals surface area contributed by atoms with E-state index in [9.17, 15) is 4.79 Å². The third-order valence-corrected chi connectivity index (χ3v) is 2.91. The number of carbonyl (C=O) groups excluding carboxylic acids is 1. The summed E-state index contributed by atoms with van der Waals surface area (Å²) >= 11 is 0. The maximum absolute atomic E-state index is 11.7. The van der Waals surface area contributed by atoms with Gasteiger partial charge in [-0.1, -0.05) is 20.8 Å². The number of nitrogens with zero attached hydrogens (tertiary/aromatic N) is 1. The van der Waals surface area contributed by atoms with E-state index in [2.05, 4.69) is 10.2 Å². The van der Waals surface area contributed by atoms with Crippen LogP contribution >= 0.6 is 0 Å². The Balaban J connectivity index is 3.69. The molecule has 1 amide bonds. The monoisotopic (exact) mass is 259 g/mol. The molecule has 0 spiro atoms. The number of nitrogens with one attached hydrogen (secondary N) is 1. The second-order valence-electron chi connectivity index (χ2n) is 5.78. The second kappa shape index (κ2) is 8.45. The molecule has 0 saturated carbocycles. The van der Waals surface area contributed by atoms with Gasteiger partial charge in [-0.3, -0.25) is 4.79 Å². The van der Waals surface area contributed by atoms with Crippen molar-refractivity contribution in [1.82, 2.24) is 10.2 Å². The Hall–Kier alpha value is -0.650. The predicted octanol–water partition coefficient (Wildman–Crippen LogP) is 0.444. The van der Waals surface area contributed by atoms with E-state index >= 15 is 0 Å². The van der Waals surface area contributed by atoms with E-state index in [1.54, 1.807) is 7.11 Å². The Morgan fingerprint density at radius 3 is 2.50 bits per heavy atom. The Kier molecular flexibility index (Phi) is 8.15. The summed E-state index contributed by atoms with van der Waals surface area (Å²) in [5.41, 5.74) is 5.67. The summed E-state index contributed by atoms with van der Waals surface area (Å²) in [5, 5.41) is 2.88. The van der Waals surface area contributed by atoms with Crippen LogP contribution in [0, 0.1) is 5.41 Å². The maximum atomic E-state index is 11.7. The van der Waals surface area contributed by atoms with Gasteiger partial charge in [0.15, 0.2) is 0 Å². The van der Waals surface area contributed by atoms with Crippen molar-refractivity contribution < 1.29 is 9.53 Å². The minimum absolute atomic E-state index is 0.0676. The van der Waals surface area contributed by atoms with E-state index in [4.69, 9.17) is 10.5 Å². The summed E-state index contributed by atoms with van der Waals surface area (Å²) in [6.45, 7) is 9.15. The Bertz CT molecular complexity index is 239. The van der Waals surface area contributed by atoms with Crippen molar-refractivity contribution in [3.63, 3.8) is 0 Å². The molecule has 0 heterocycles. The van der Waals surface area contributed by atoms with E-state index in [0.717, 1.165) is 26.1 Å². The highest BCUT2D eigenvalue weighted by Gasteiger charge is 2.26. The van der Waals surface area contributed by atoms with Gasteiger partial charge in [0, 0.05) is 20.2 Å². The van der Waals surface area contributed by atoms with Gasteiger partial charge in [-0.15, -0.1) is 0 Å². The number of ether oxygens (including phenoxy) is 1. The minimum atomic E-state index is -0.455. The standard InChI is InChI=1S/C13H29N3O2/c1-13(2,3)11(14)12(17)15-7-6-8-16(4)9-10-18-5/h11H,6-10,14H2,1-5H3,(H,15,17)/t11-/m1/s1. The van der Waals surface area contributed by atoms with Crippen LogP contribution < -0.4 is 11.1 Å². The molecule has 0 bridgehead atoms. The molecular weight excluding hydrogens is 230 g/mol. The topological polar surface area (TPSA) is 67.6 Å². The second-order valence-corrected chi connectivity index (χ2v) is 5.78. The molecule has 0 aliphatic rings. The van der Waals surface area contributed by atoms with Gasteiger partial charge in [0.2, 0.25) is 5.91 Å². The summed E-state index contributed by atoms with van der Waals surface area (Å²) in [6.07, 6.45) is 0.919. The summed E-state index contributed by atoms with van der Waals surface area (Å²) in [6, 6.07) is -0.455. The van der Waals surface area contributed by atoms with Crippen molar-refractivity contribution in [2.45, 2.75) is 33.2 Å². The molecule has 0 unspecified atom stereocenters. The number of carbonyl (C=O) groups is 1. The largest absolute Gasteiger partial charge is 0.383 e. The van der Waals surface area contributed by atoms with Gasteiger partial charge in [-0.2, -0.15) is 0 Å². The van der Waals surface area contributed by atoms with E-state index in [1.807, 2.05) is 27.8 Å². The molecule has 0 fully saturated rings. The smallest absolute Gasteiger partial charge is 0.237 e. The molecule has 3 N–H and O–H groups in total. The number of amides is 1. The first-order valence-corrected chi connectivity index (χ1v) is 6.49. The Morgan fingerprint density at radius 1 is 1.39 bits per heavy atom. The fraction of sp³-hybridized carbons (Fsp3) is 0.923. The van der Waals surface area contributed by atoms with E-state index in [0.29, 0.717) is 6.54 Å². The van der Waals surface area contributed by atoms with Crippen LogP contribution in [0.3, 0.4) is 0 Å². The summed E-state index contributed by atoms with van der Waals surface area (Å²) in [7, 11) is 3.74. The predicted molar refractivity (Wildman–Crippen MR) is 74.4 cm³/mol. The molecule has 0 aliphatic heterocycles. The molecule has 0 aromatic heterocycles. The lowest BCUT2D eigenvalue weighted by Crippen LogP contribution is -2.49. The Morgan fingerprint density at radius 2 is 2.00 bits per heavy atom. The highest BCUT2D eigenvalue weighted by molar-refractivity contribution is 5.82. The van der Waals surface area contributed by atoms with Crippen LogP contribution in [0.25, 0.3) is 0 Å². The molecule has 5 nitrogen and oxygen atoms in total. The van der Waals surface area contributed by atoms with Gasteiger partial charge in [-0.05, 0) is 25.4 Å². The molecule has 0 aromatic rings. The molecular formula is C13H29N3O2. The zero-order chi connectivity index (χ0) is 14.2. The number of likely N-dealkylation sites (N-methyl/N-ethyl adjacent to an activating group) is 1. The highest BCUT2D eigenvalue weighted by Crippen LogP contribution is 2.16. The van der Waals surface area contributed by atoms with Gasteiger partial charge in [0.25, 0.3) is 0 Å². The first kappa shape index (κ1) is 17.4. The number of rotatable bonds is 8. The number of hydrogen-bond donors (Lipinski definition) is 2. The third kappa shape index (κ3) is 7.63. The lowest BCUT2D eigenvalue weighted by molar-refractivity contribution is -0.124. The molecule has 18 heavy (non-hydrogen) atoms. The fourth-order valence-electron chi connectivity index (χ4n) is 1.42. The summed E-state index contributed by atoms with van der Waals surface area (Å²) in [5.74, 6) is -0.0676. The van der Waals surface area contributed by atoms with Crippen LogP contribution in [0.4, 0.5) is 0 Å². The van der Waals surface area contributed by atoms with Gasteiger partial charge in [-0.25, -0.2) is 0 Å². The van der Waals surface area contributed by atoms with Crippen LogP contribution in [0.15, 0.2) is 0 Å². The van der Waals surface area contributed by atoms with Crippen LogP contribution in [0.5, 0.6) is 0 Å². The normalized spacial score (nSPS) is 13.7. The quantitative estimate of drug-likeness (QED) is 0.621. The van der Waals surface area contributed by atoms with Crippen LogP contribution in [-0.2, 0) is 9.53 Å². The highest BCUT2D eigenvalue weighted by atomic mass is 16.5. The van der Waals surface area contributed by atoms with Crippen LogP contribution in [0.2, 0.25) is 0 Å². The molecule has 0 aliphatic carbocycles. The fourth-order valence-corrected chi connectivity index (χ4v) is 1.42. The van der Waals surface area contributed by atoms with Crippen molar-refractivity contribution in [3.05, 3.63) is 0 Å². The molecule has 0 radical (unpaired) electrons. The van der Waals surface area contributed by atoms with Crippen molar-refractivity contribution in [3.8, 4) is 0 Å². The van der Waals surface area contributed by atoms with E-state index in [-0.39, 0.29) is 11.3 Å². The maximum Gasteiger partial charge on any atom is 0.237 e. The van der Waals surface area contributed by atoms with Crippen molar-refractivity contribution >= 4 is 5.91 Å². The van der Waals surface area contributed by atoms with E-state index in [1.165, 1.54) is 0 Å². The third-order valence-electron chi connectivity index (χ3n) is 2.91. The lowest BCUT2D eigenvalue weighted by Gasteiger charge is -2.26. The number of nitrogens with two attached hydrogens (primary N) is 1. The number of hydrogen-bond acceptors (Lipinski definition) is 4. The first-order valence-electron chi connectivity index (χ1n) is 6.49. The summed E-state index contributed by atoms with van der Waals surface area (Å²) in [4.78, 5) is 13.9. The van der Waals surface area contributed by atoms with Crippen LogP contribution in [-0.4, -0.2) is 57.2 Å². The average Bonchev–Trinajstić information content (AvgIpc) is 2.29. The zero-order valence-corrected chi connectivity index (χ0v) is 12.5. The van der Waals surface area contributed by atoms with E-state index < -0.39 is 6.04 Å². The van der Waals surface area contributed by atoms with Gasteiger partial charge < -0.3 is 20.7 Å². The molecule has 108 valence electrons. The Labute approximate surface area is 111 Å².